The van der Waals surface area contributed by atoms with E-state index in [1.807, 2.05) is 18.4 Å². The molecule has 9 nitrogen and oxygen atoms in total. The number of H-pyrrole nitrogens is 1. The maximum absolute atomic E-state index is 11.7. The van der Waals surface area contributed by atoms with Gasteiger partial charge in [-0.05, 0) is 44.9 Å². The van der Waals surface area contributed by atoms with Gasteiger partial charge in [-0.1, -0.05) is 25.7 Å². The van der Waals surface area contributed by atoms with Gasteiger partial charge in [-0.25, -0.2) is 19.9 Å². The summed E-state index contributed by atoms with van der Waals surface area (Å²) in [5.74, 6) is 3.69. The van der Waals surface area contributed by atoms with Crippen LogP contribution in [0.1, 0.15) is 57.7 Å². The monoisotopic (exact) mass is 451 g/mol. The van der Waals surface area contributed by atoms with Crippen molar-refractivity contribution in [3.05, 3.63) is 34.9 Å². The van der Waals surface area contributed by atoms with Crippen molar-refractivity contribution in [3.8, 4) is 11.4 Å². The highest BCUT2D eigenvalue weighted by Gasteiger charge is 2.30. The Morgan fingerprint density at radius 1 is 1.06 bits per heavy atom. The standard InChI is InChI=1S/C12H12N6O.C7H12.C5H9NO/c1-3-18-10(8-4-13-7(2)14-5-8)17-9-11(18)15-6-16-12(9)19;1-2-7-4-3-6(1)5-7;7-5-6-3-1-2-4-6/h4-6H,3H2,1-2H3,(H,15,16,19);6-7H,1-5H2;5H,1-4H2. The molecule has 0 radical (unpaired) electrons. The molecule has 0 unspecified atom stereocenters. The second-order valence-electron chi connectivity index (χ2n) is 9.07. The molecule has 9 heteroatoms. The molecule has 1 saturated heterocycles. The van der Waals surface area contributed by atoms with E-state index in [1.165, 1.54) is 31.0 Å². The van der Waals surface area contributed by atoms with Crippen LogP contribution in [0.15, 0.2) is 23.5 Å². The number of fused-ring (bicyclic) bond motifs is 3. The lowest BCUT2D eigenvalue weighted by atomic mass is 10.0. The van der Waals surface area contributed by atoms with Gasteiger partial charge in [-0.15, -0.1) is 0 Å². The van der Waals surface area contributed by atoms with Crippen molar-refractivity contribution in [1.82, 2.24) is 34.4 Å². The van der Waals surface area contributed by atoms with Crippen LogP contribution in [-0.2, 0) is 11.3 Å². The zero-order valence-corrected chi connectivity index (χ0v) is 19.5. The molecular formula is C24H33N7O2. The normalized spacial score (nSPS) is 20.8. The van der Waals surface area contributed by atoms with Crippen LogP contribution in [-0.4, -0.2) is 53.9 Å². The molecule has 0 aromatic carbocycles. The summed E-state index contributed by atoms with van der Waals surface area (Å²) in [6.45, 7) is 6.41. The van der Waals surface area contributed by atoms with Crippen LogP contribution in [0.2, 0.25) is 0 Å². The smallest absolute Gasteiger partial charge is 0.278 e. The van der Waals surface area contributed by atoms with Gasteiger partial charge in [0, 0.05) is 32.0 Å². The summed E-state index contributed by atoms with van der Waals surface area (Å²) in [5, 5.41) is 0. The Hall–Kier alpha value is -3.10. The Morgan fingerprint density at radius 2 is 1.70 bits per heavy atom. The highest BCUT2D eigenvalue weighted by Crippen LogP contribution is 2.43. The van der Waals surface area contributed by atoms with Crippen molar-refractivity contribution in [1.29, 1.82) is 0 Å². The molecule has 1 N–H and O–H groups in total. The number of hydrogen-bond donors (Lipinski definition) is 1. The number of likely N-dealkylation sites (tertiary alicyclic amines) is 1. The zero-order valence-electron chi connectivity index (χ0n) is 19.5. The second kappa shape index (κ2) is 10.7. The number of aromatic amines is 1. The third-order valence-corrected chi connectivity index (χ3v) is 6.82. The molecule has 2 saturated carbocycles. The fraction of sp³-hybridized carbons (Fsp3) is 0.583. The number of hydrogen-bond acceptors (Lipinski definition) is 6. The van der Waals surface area contributed by atoms with E-state index in [0.29, 0.717) is 29.4 Å². The number of aromatic nitrogens is 6. The molecule has 6 rings (SSSR count). The van der Waals surface area contributed by atoms with Crippen molar-refractivity contribution in [3.63, 3.8) is 0 Å². The molecule has 3 fully saturated rings. The predicted octanol–water partition coefficient (Wildman–Crippen LogP) is 3.34. The van der Waals surface area contributed by atoms with E-state index in [-0.39, 0.29) is 5.56 Å². The minimum atomic E-state index is -0.244. The molecule has 33 heavy (non-hydrogen) atoms. The third kappa shape index (κ3) is 5.46. The van der Waals surface area contributed by atoms with Gasteiger partial charge in [0.2, 0.25) is 6.41 Å². The molecule has 4 heterocycles. The third-order valence-electron chi connectivity index (χ3n) is 6.82. The quantitative estimate of drug-likeness (QED) is 0.612. The van der Waals surface area contributed by atoms with Crippen LogP contribution >= 0.6 is 0 Å². The number of amides is 1. The summed E-state index contributed by atoms with van der Waals surface area (Å²) >= 11 is 0. The van der Waals surface area contributed by atoms with Gasteiger partial charge in [0.15, 0.2) is 11.2 Å². The summed E-state index contributed by atoms with van der Waals surface area (Å²) < 4.78 is 1.87. The van der Waals surface area contributed by atoms with Crippen LogP contribution in [0, 0.1) is 18.8 Å². The van der Waals surface area contributed by atoms with Crippen LogP contribution in [0.4, 0.5) is 0 Å². The first-order valence-corrected chi connectivity index (χ1v) is 12.0. The number of nitrogens with zero attached hydrogens (tertiary/aromatic N) is 6. The van der Waals surface area contributed by atoms with E-state index in [9.17, 15) is 9.59 Å². The number of aryl methyl sites for hydroxylation is 2. The number of carbonyl (C=O) groups is 1. The van der Waals surface area contributed by atoms with Gasteiger partial charge in [0.25, 0.3) is 5.56 Å². The maximum atomic E-state index is 11.7. The Bertz CT molecular complexity index is 1100. The Kier molecular flexibility index (Phi) is 7.47. The minimum absolute atomic E-state index is 0.244. The van der Waals surface area contributed by atoms with Gasteiger partial charge in [0.1, 0.15) is 11.6 Å². The predicted molar refractivity (Wildman–Crippen MR) is 127 cm³/mol. The molecule has 0 atom stereocenters. The maximum Gasteiger partial charge on any atom is 0.278 e. The first-order valence-electron chi connectivity index (χ1n) is 12.0. The molecule has 3 aliphatic rings. The largest absolute Gasteiger partial charge is 0.345 e. The van der Waals surface area contributed by atoms with Crippen LogP contribution in [0.25, 0.3) is 22.6 Å². The lowest BCUT2D eigenvalue weighted by molar-refractivity contribution is -0.117. The van der Waals surface area contributed by atoms with Crippen molar-refractivity contribution in [2.45, 2.75) is 65.3 Å². The van der Waals surface area contributed by atoms with Crippen LogP contribution in [0.5, 0.6) is 0 Å². The highest BCUT2D eigenvalue weighted by molar-refractivity contribution is 5.75. The van der Waals surface area contributed by atoms with E-state index in [2.05, 4.69) is 24.9 Å². The number of imidazole rings is 1. The van der Waals surface area contributed by atoms with Crippen molar-refractivity contribution < 1.29 is 4.79 Å². The topological polar surface area (TPSA) is 110 Å². The van der Waals surface area contributed by atoms with Crippen LogP contribution in [0.3, 0.4) is 0 Å². The van der Waals surface area contributed by atoms with Gasteiger partial charge < -0.3 is 14.5 Å². The average molecular weight is 452 g/mol. The molecule has 3 aromatic rings. The SMILES string of the molecule is C1CC2CCC1C2.CCn1c(-c2cnc(C)nc2)nc2c(=O)[nH]cnc21.O=CN1CCCC1. The summed E-state index contributed by atoms with van der Waals surface area (Å²) in [5.41, 5.74) is 1.43. The molecular weight excluding hydrogens is 418 g/mol. The lowest BCUT2D eigenvalue weighted by Gasteiger charge is -2.05. The highest BCUT2D eigenvalue weighted by atomic mass is 16.1. The van der Waals surface area contributed by atoms with E-state index in [0.717, 1.165) is 25.1 Å². The molecule has 3 aromatic heterocycles. The van der Waals surface area contributed by atoms with Gasteiger partial charge in [0.05, 0.1) is 11.9 Å². The lowest BCUT2D eigenvalue weighted by Crippen LogP contribution is -2.15. The summed E-state index contributed by atoms with van der Waals surface area (Å²) in [6, 6.07) is 0. The van der Waals surface area contributed by atoms with Crippen molar-refractivity contribution in [2.75, 3.05) is 13.1 Å². The molecule has 2 bridgehead atoms. The molecule has 2 aliphatic carbocycles. The van der Waals surface area contributed by atoms with E-state index in [4.69, 9.17) is 0 Å². The number of carbonyl (C=O) groups excluding carboxylic acids is 1. The first-order chi connectivity index (χ1) is 16.1. The first kappa shape index (κ1) is 23.1. The summed E-state index contributed by atoms with van der Waals surface area (Å²) in [6.07, 6.45) is 15.9. The van der Waals surface area contributed by atoms with Crippen molar-refractivity contribution in [2.24, 2.45) is 11.8 Å². The molecule has 1 amide bonds. The van der Waals surface area contributed by atoms with Gasteiger partial charge >= 0.3 is 0 Å². The Morgan fingerprint density at radius 3 is 2.18 bits per heavy atom. The average Bonchev–Trinajstić information content (AvgIpc) is 3.65. The molecule has 1 aliphatic heterocycles. The van der Waals surface area contributed by atoms with E-state index >= 15 is 0 Å². The van der Waals surface area contributed by atoms with E-state index < -0.39 is 0 Å². The fourth-order valence-electron chi connectivity index (χ4n) is 5.00. The second-order valence-corrected chi connectivity index (χ2v) is 9.07. The summed E-state index contributed by atoms with van der Waals surface area (Å²) in [4.78, 5) is 42.9. The Balaban J connectivity index is 0.000000150. The Labute approximate surface area is 193 Å². The van der Waals surface area contributed by atoms with Crippen LogP contribution < -0.4 is 5.56 Å². The van der Waals surface area contributed by atoms with Crippen molar-refractivity contribution >= 4 is 17.6 Å². The fourth-order valence-corrected chi connectivity index (χ4v) is 5.00. The molecule has 0 spiro atoms. The number of rotatable bonds is 3. The van der Waals surface area contributed by atoms with Gasteiger partial charge in [-0.3, -0.25) is 9.59 Å². The zero-order chi connectivity index (χ0) is 23.2. The summed E-state index contributed by atoms with van der Waals surface area (Å²) in [7, 11) is 0. The minimum Gasteiger partial charge on any atom is -0.345 e. The van der Waals surface area contributed by atoms with Gasteiger partial charge in [-0.2, -0.15) is 0 Å². The number of nitrogens with one attached hydrogen (secondary N) is 1. The molecule has 176 valence electrons. The van der Waals surface area contributed by atoms with E-state index in [1.54, 1.807) is 49.4 Å².